The summed E-state index contributed by atoms with van der Waals surface area (Å²) in [4.78, 5) is 30.4. The number of para-hydroxylation sites is 1. The number of ether oxygens (including phenoxy) is 1. The Morgan fingerprint density at radius 3 is 2.67 bits per heavy atom. The van der Waals surface area contributed by atoms with Gasteiger partial charge in [0.25, 0.3) is 11.5 Å². The summed E-state index contributed by atoms with van der Waals surface area (Å²) in [5.41, 5.74) is 5.24. The molecule has 0 fully saturated rings. The Balaban J connectivity index is 1.42. The van der Waals surface area contributed by atoms with Gasteiger partial charge in [-0.3, -0.25) is 14.0 Å². The summed E-state index contributed by atoms with van der Waals surface area (Å²) in [6.45, 7) is 5.93. The zero-order valence-electron chi connectivity index (χ0n) is 18.8. The highest BCUT2D eigenvalue weighted by atomic mass is 32.2. The molecule has 33 heavy (non-hydrogen) atoms. The minimum absolute atomic E-state index is 0.0795. The molecule has 1 amide bonds. The van der Waals surface area contributed by atoms with Gasteiger partial charge in [0.2, 0.25) is 0 Å². The van der Waals surface area contributed by atoms with Crippen molar-refractivity contribution in [2.75, 3.05) is 11.9 Å². The van der Waals surface area contributed by atoms with Gasteiger partial charge in [-0.2, -0.15) is 0 Å². The highest BCUT2D eigenvalue weighted by Crippen LogP contribution is 2.29. The topological polar surface area (TPSA) is 72.7 Å². The van der Waals surface area contributed by atoms with Gasteiger partial charge in [-0.25, -0.2) is 4.98 Å². The van der Waals surface area contributed by atoms with Crippen molar-refractivity contribution in [3.05, 3.63) is 99.6 Å². The van der Waals surface area contributed by atoms with Crippen LogP contribution in [0.5, 0.6) is 5.75 Å². The van der Waals surface area contributed by atoms with Gasteiger partial charge in [-0.1, -0.05) is 18.2 Å². The quantitative estimate of drug-likeness (QED) is 0.397. The molecule has 0 saturated heterocycles. The Morgan fingerprint density at radius 1 is 1.03 bits per heavy atom. The average molecular weight is 460 g/mol. The number of fused-ring (bicyclic) bond motifs is 1. The number of carbonyl (C=O) groups is 1. The van der Waals surface area contributed by atoms with Crippen LogP contribution >= 0.6 is 11.8 Å². The highest BCUT2D eigenvalue weighted by Gasteiger charge is 2.10. The van der Waals surface area contributed by atoms with Gasteiger partial charge >= 0.3 is 0 Å². The second kappa shape index (κ2) is 9.92. The van der Waals surface area contributed by atoms with Crippen LogP contribution in [0.25, 0.3) is 5.65 Å². The van der Waals surface area contributed by atoms with E-state index in [1.165, 1.54) is 21.7 Å². The van der Waals surface area contributed by atoms with E-state index in [0.29, 0.717) is 28.5 Å². The molecule has 6 nitrogen and oxygen atoms in total. The molecule has 0 aliphatic carbocycles. The molecule has 0 aliphatic heterocycles. The number of amides is 1. The van der Waals surface area contributed by atoms with E-state index < -0.39 is 0 Å². The molecule has 4 aromatic rings. The van der Waals surface area contributed by atoms with E-state index in [2.05, 4.69) is 10.3 Å². The number of aryl methyl sites for hydroxylation is 3. The fourth-order valence-electron chi connectivity index (χ4n) is 3.31. The zero-order valence-corrected chi connectivity index (χ0v) is 19.6. The van der Waals surface area contributed by atoms with E-state index in [-0.39, 0.29) is 18.1 Å². The number of nitrogens with one attached hydrogen (secondary N) is 1. The molecule has 0 spiro atoms. The van der Waals surface area contributed by atoms with Crippen LogP contribution in [0.2, 0.25) is 0 Å². The maximum Gasteiger partial charge on any atom is 0.262 e. The molecule has 0 saturated carbocycles. The lowest BCUT2D eigenvalue weighted by atomic mass is 10.1. The van der Waals surface area contributed by atoms with Gasteiger partial charge in [0.15, 0.2) is 6.61 Å². The minimum Gasteiger partial charge on any atom is -0.484 e. The summed E-state index contributed by atoms with van der Waals surface area (Å²) >= 11 is 1.52. The fourth-order valence-corrected chi connectivity index (χ4v) is 4.21. The maximum atomic E-state index is 12.5. The smallest absolute Gasteiger partial charge is 0.262 e. The number of carbonyl (C=O) groups excluding carboxylic acids is 1. The Morgan fingerprint density at radius 2 is 1.85 bits per heavy atom. The number of pyridine rings is 1. The number of thioether (sulfide) groups is 1. The summed E-state index contributed by atoms with van der Waals surface area (Å²) in [7, 11) is 0. The SMILES string of the molecule is Cc1ccn2c(=O)cc(CSc3ccccc3NC(=O)COc3ccc(C)c(C)c3)nc2c1. The first-order valence-electron chi connectivity index (χ1n) is 10.6. The summed E-state index contributed by atoms with van der Waals surface area (Å²) in [5.74, 6) is 0.935. The van der Waals surface area contributed by atoms with Crippen molar-refractivity contribution in [3.63, 3.8) is 0 Å². The molecule has 0 bridgehead atoms. The van der Waals surface area contributed by atoms with E-state index in [4.69, 9.17) is 4.74 Å². The molecule has 0 radical (unpaired) electrons. The lowest BCUT2D eigenvalue weighted by molar-refractivity contribution is -0.118. The van der Waals surface area contributed by atoms with Crippen molar-refractivity contribution in [2.24, 2.45) is 0 Å². The summed E-state index contributed by atoms with van der Waals surface area (Å²) in [5, 5.41) is 2.92. The van der Waals surface area contributed by atoms with Crippen LogP contribution in [-0.2, 0) is 10.5 Å². The Hall–Kier alpha value is -3.58. The summed E-state index contributed by atoms with van der Waals surface area (Å²) in [6.07, 6.45) is 1.74. The summed E-state index contributed by atoms with van der Waals surface area (Å²) in [6, 6.07) is 18.6. The molecule has 7 heteroatoms. The van der Waals surface area contributed by atoms with Crippen LogP contribution in [0.4, 0.5) is 5.69 Å². The predicted molar refractivity (Wildman–Crippen MR) is 132 cm³/mol. The Bertz CT molecular complexity index is 1380. The number of aromatic nitrogens is 2. The molecule has 1 N–H and O–H groups in total. The van der Waals surface area contributed by atoms with E-state index in [1.54, 1.807) is 12.3 Å². The van der Waals surface area contributed by atoms with Gasteiger partial charge < -0.3 is 10.1 Å². The average Bonchev–Trinajstić information content (AvgIpc) is 2.79. The van der Waals surface area contributed by atoms with Crippen molar-refractivity contribution < 1.29 is 9.53 Å². The first-order chi connectivity index (χ1) is 15.9. The fraction of sp³-hybridized carbons (Fsp3) is 0.192. The molecule has 2 aromatic heterocycles. The van der Waals surface area contributed by atoms with Crippen molar-refractivity contribution in [1.82, 2.24) is 9.38 Å². The normalized spacial score (nSPS) is 10.9. The van der Waals surface area contributed by atoms with Crippen LogP contribution in [0.15, 0.2) is 76.6 Å². The largest absolute Gasteiger partial charge is 0.484 e. The molecule has 2 heterocycles. The van der Waals surface area contributed by atoms with Crippen LogP contribution in [-0.4, -0.2) is 21.9 Å². The number of hydrogen-bond donors (Lipinski definition) is 1. The molecule has 168 valence electrons. The number of benzene rings is 2. The first-order valence-corrected chi connectivity index (χ1v) is 11.6. The molecule has 0 atom stereocenters. The van der Waals surface area contributed by atoms with Crippen molar-refractivity contribution in [2.45, 2.75) is 31.4 Å². The zero-order chi connectivity index (χ0) is 23.4. The van der Waals surface area contributed by atoms with E-state index in [0.717, 1.165) is 16.0 Å². The van der Waals surface area contributed by atoms with E-state index in [1.807, 2.05) is 75.4 Å². The third-order valence-electron chi connectivity index (χ3n) is 5.26. The third kappa shape index (κ3) is 5.62. The molecular weight excluding hydrogens is 434 g/mol. The first kappa shape index (κ1) is 22.6. The lowest BCUT2D eigenvalue weighted by Gasteiger charge is -2.12. The number of rotatable bonds is 7. The highest BCUT2D eigenvalue weighted by molar-refractivity contribution is 7.98. The van der Waals surface area contributed by atoms with Crippen LogP contribution in [0.1, 0.15) is 22.4 Å². The molecule has 4 rings (SSSR count). The Kier molecular flexibility index (Phi) is 6.79. The van der Waals surface area contributed by atoms with Gasteiger partial charge in [0, 0.05) is 22.9 Å². The number of hydrogen-bond acceptors (Lipinski definition) is 5. The van der Waals surface area contributed by atoms with Crippen LogP contribution in [0.3, 0.4) is 0 Å². The van der Waals surface area contributed by atoms with Crippen LogP contribution < -0.4 is 15.6 Å². The predicted octanol–water partition coefficient (Wildman–Crippen LogP) is 4.93. The second-order valence-corrected chi connectivity index (χ2v) is 8.90. The molecule has 2 aromatic carbocycles. The third-order valence-corrected chi connectivity index (χ3v) is 6.37. The summed E-state index contributed by atoms with van der Waals surface area (Å²) < 4.78 is 7.18. The Labute approximate surface area is 196 Å². The molecular formula is C26H25N3O3S. The lowest BCUT2D eigenvalue weighted by Crippen LogP contribution is -2.20. The number of anilines is 1. The van der Waals surface area contributed by atoms with Gasteiger partial charge in [-0.15, -0.1) is 11.8 Å². The number of nitrogens with zero attached hydrogens (tertiary/aromatic N) is 2. The minimum atomic E-state index is -0.237. The van der Waals surface area contributed by atoms with Gasteiger partial charge in [-0.05, 0) is 73.9 Å². The maximum absolute atomic E-state index is 12.5. The monoisotopic (exact) mass is 459 g/mol. The van der Waals surface area contributed by atoms with Gasteiger partial charge in [0.05, 0.1) is 11.4 Å². The van der Waals surface area contributed by atoms with Crippen molar-refractivity contribution in [1.29, 1.82) is 0 Å². The second-order valence-electron chi connectivity index (χ2n) is 7.89. The van der Waals surface area contributed by atoms with Gasteiger partial charge in [0.1, 0.15) is 11.4 Å². The standard InChI is InChI=1S/C26H25N3O3S/c1-17-10-11-29-24(12-17)27-20(14-26(29)31)16-33-23-7-5-4-6-22(23)28-25(30)15-32-21-9-8-18(2)19(3)13-21/h4-14H,15-16H2,1-3H3,(H,28,30). The molecule has 0 unspecified atom stereocenters. The van der Waals surface area contributed by atoms with E-state index >= 15 is 0 Å². The van der Waals surface area contributed by atoms with Crippen molar-refractivity contribution >= 4 is 29.0 Å². The van der Waals surface area contributed by atoms with E-state index in [9.17, 15) is 9.59 Å². The van der Waals surface area contributed by atoms with Crippen LogP contribution in [0, 0.1) is 20.8 Å². The molecule has 0 aliphatic rings. The van der Waals surface area contributed by atoms with Crippen molar-refractivity contribution in [3.8, 4) is 5.75 Å².